The van der Waals surface area contributed by atoms with E-state index in [1.807, 2.05) is 13.8 Å². The molecule has 0 radical (unpaired) electrons. The molecule has 0 saturated carbocycles. The Morgan fingerprint density at radius 1 is 1.00 bits per heavy atom. The van der Waals surface area contributed by atoms with Crippen molar-refractivity contribution >= 4 is 23.7 Å². The van der Waals surface area contributed by atoms with Gasteiger partial charge in [0.05, 0.1) is 31.6 Å². The number of ether oxygens (including phenoxy) is 4. The first-order chi connectivity index (χ1) is 16.9. The van der Waals surface area contributed by atoms with Crippen molar-refractivity contribution in [2.24, 2.45) is 5.10 Å². The number of hydrazone groups is 1. The van der Waals surface area contributed by atoms with E-state index in [1.165, 1.54) is 25.5 Å². The molecule has 0 aliphatic rings. The molecular formula is C26H26ClFN2O5. The Kier molecular flexibility index (Phi) is 9.31. The van der Waals surface area contributed by atoms with Crippen LogP contribution in [-0.4, -0.2) is 32.4 Å². The van der Waals surface area contributed by atoms with Gasteiger partial charge in [-0.05, 0) is 67.4 Å². The lowest BCUT2D eigenvalue weighted by atomic mass is 10.2. The highest BCUT2D eigenvalue weighted by Crippen LogP contribution is 2.37. The second-order valence-corrected chi connectivity index (χ2v) is 7.59. The average molecular weight is 501 g/mol. The van der Waals surface area contributed by atoms with Gasteiger partial charge in [-0.15, -0.1) is 0 Å². The third kappa shape index (κ3) is 7.10. The first kappa shape index (κ1) is 25.8. The number of halogens is 2. The molecule has 35 heavy (non-hydrogen) atoms. The molecule has 3 aromatic carbocycles. The molecule has 9 heteroatoms. The predicted octanol–water partition coefficient (Wildman–Crippen LogP) is 5.63. The molecule has 1 N–H and O–H groups in total. The largest absolute Gasteiger partial charge is 0.493 e. The molecule has 3 rings (SSSR count). The van der Waals surface area contributed by atoms with Crippen LogP contribution in [0.3, 0.4) is 0 Å². The smallest absolute Gasteiger partial charge is 0.271 e. The fourth-order valence-corrected chi connectivity index (χ4v) is 3.43. The summed E-state index contributed by atoms with van der Waals surface area (Å²) in [5, 5.41) is 4.30. The van der Waals surface area contributed by atoms with E-state index in [2.05, 4.69) is 10.5 Å². The lowest BCUT2D eigenvalue weighted by Crippen LogP contribution is -2.17. The number of hydrogen-bond acceptors (Lipinski definition) is 6. The molecule has 0 saturated heterocycles. The second kappa shape index (κ2) is 12.6. The van der Waals surface area contributed by atoms with Gasteiger partial charge < -0.3 is 18.9 Å². The van der Waals surface area contributed by atoms with E-state index in [0.717, 1.165) is 0 Å². The van der Waals surface area contributed by atoms with E-state index in [4.69, 9.17) is 30.5 Å². The first-order valence-corrected chi connectivity index (χ1v) is 11.3. The van der Waals surface area contributed by atoms with Crippen LogP contribution in [-0.2, 0) is 6.61 Å². The first-order valence-electron chi connectivity index (χ1n) is 10.9. The van der Waals surface area contributed by atoms with Crippen LogP contribution in [0, 0.1) is 5.82 Å². The summed E-state index contributed by atoms with van der Waals surface area (Å²) in [5.74, 6) is 0.965. The van der Waals surface area contributed by atoms with Crippen molar-refractivity contribution in [3.8, 4) is 23.0 Å². The quantitative estimate of drug-likeness (QED) is 0.273. The number of amides is 1. The van der Waals surface area contributed by atoms with Gasteiger partial charge in [0.1, 0.15) is 12.4 Å². The minimum absolute atomic E-state index is 0.118. The zero-order valence-electron chi connectivity index (χ0n) is 19.6. The number of benzene rings is 3. The van der Waals surface area contributed by atoms with Crippen molar-refractivity contribution in [2.75, 3.05) is 20.3 Å². The van der Waals surface area contributed by atoms with Crippen LogP contribution in [0.5, 0.6) is 23.0 Å². The average Bonchev–Trinajstić information content (AvgIpc) is 2.84. The van der Waals surface area contributed by atoms with Crippen LogP contribution in [0.1, 0.15) is 35.3 Å². The van der Waals surface area contributed by atoms with Gasteiger partial charge in [-0.3, -0.25) is 4.79 Å². The molecule has 0 aromatic heterocycles. The molecule has 0 atom stereocenters. The number of nitrogens with one attached hydrogen (secondary N) is 1. The normalized spacial score (nSPS) is 10.8. The molecule has 0 fully saturated rings. The van der Waals surface area contributed by atoms with Gasteiger partial charge >= 0.3 is 0 Å². The molecular weight excluding hydrogens is 475 g/mol. The number of carbonyl (C=O) groups excluding carboxylic acids is 1. The topological polar surface area (TPSA) is 78.4 Å². The second-order valence-electron chi connectivity index (χ2n) is 7.18. The molecule has 3 aromatic rings. The Hall–Kier alpha value is -3.78. The number of carbonyl (C=O) groups is 1. The van der Waals surface area contributed by atoms with Crippen molar-refractivity contribution in [2.45, 2.75) is 20.5 Å². The van der Waals surface area contributed by atoms with Gasteiger partial charge in [-0.2, -0.15) is 5.10 Å². The molecule has 0 heterocycles. The number of methoxy groups -OCH3 is 1. The highest BCUT2D eigenvalue weighted by molar-refractivity contribution is 6.32. The van der Waals surface area contributed by atoms with Gasteiger partial charge in [0.2, 0.25) is 0 Å². The van der Waals surface area contributed by atoms with Crippen molar-refractivity contribution < 1.29 is 28.1 Å². The van der Waals surface area contributed by atoms with E-state index in [-0.39, 0.29) is 17.4 Å². The predicted molar refractivity (Wildman–Crippen MR) is 133 cm³/mol. The van der Waals surface area contributed by atoms with E-state index in [1.54, 1.807) is 42.5 Å². The fourth-order valence-electron chi connectivity index (χ4n) is 3.16. The van der Waals surface area contributed by atoms with Crippen LogP contribution >= 0.6 is 11.6 Å². The van der Waals surface area contributed by atoms with Crippen LogP contribution < -0.4 is 24.4 Å². The number of rotatable bonds is 11. The summed E-state index contributed by atoms with van der Waals surface area (Å²) >= 11 is 6.43. The summed E-state index contributed by atoms with van der Waals surface area (Å²) in [5.41, 5.74) is 4.07. The summed E-state index contributed by atoms with van der Waals surface area (Å²) in [6.45, 7) is 4.67. The molecule has 0 aliphatic carbocycles. The maximum atomic E-state index is 13.4. The van der Waals surface area contributed by atoms with Crippen LogP contribution in [0.4, 0.5) is 4.39 Å². The summed E-state index contributed by atoms with van der Waals surface area (Å²) in [6, 6.07) is 14.3. The van der Waals surface area contributed by atoms with Crippen molar-refractivity contribution in [3.63, 3.8) is 0 Å². The minimum atomic E-state index is -0.422. The third-order valence-corrected chi connectivity index (χ3v) is 4.99. The fraction of sp³-hybridized carbons (Fsp3) is 0.231. The van der Waals surface area contributed by atoms with Crippen molar-refractivity contribution in [1.29, 1.82) is 0 Å². The molecule has 1 amide bonds. The molecule has 0 aliphatic heterocycles. The molecule has 0 bridgehead atoms. The highest BCUT2D eigenvalue weighted by atomic mass is 35.5. The van der Waals surface area contributed by atoms with E-state index < -0.39 is 5.91 Å². The lowest BCUT2D eigenvalue weighted by Gasteiger charge is -2.14. The highest BCUT2D eigenvalue weighted by Gasteiger charge is 2.14. The monoisotopic (exact) mass is 500 g/mol. The van der Waals surface area contributed by atoms with Crippen LogP contribution in [0.25, 0.3) is 0 Å². The maximum absolute atomic E-state index is 13.4. The Morgan fingerprint density at radius 3 is 2.49 bits per heavy atom. The number of nitrogens with zero attached hydrogens (tertiary/aromatic N) is 1. The standard InChI is InChI=1S/C26H26ClFN2O5/c1-4-33-22-10-9-19(14-23(22)32-3)26(31)30-29-15-18-12-21(27)25(24(13-18)34-5-2)35-16-17-7-6-8-20(28)11-17/h6-15H,4-5,16H2,1-3H3,(H,30,31)/b29-15+. The van der Waals surface area contributed by atoms with Gasteiger partial charge in [0, 0.05) is 5.56 Å². The molecule has 184 valence electrons. The van der Waals surface area contributed by atoms with Gasteiger partial charge in [-0.25, -0.2) is 9.82 Å². The summed E-state index contributed by atoms with van der Waals surface area (Å²) in [4.78, 5) is 12.5. The zero-order valence-corrected chi connectivity index (χ0v) is 20.4. The zero-order chi connectivity index (χ0) is 25.2. The van der Waals surface area contributed by atoms with Crippen molar-refractivity contribution in [3.05, 3.63) is 82.1 Å². The van der Waals surface area contributed by atoms with E-state index in [0.29, 0.717) is 52.9 Å². The lowest BCUT2D eigenvalue weighted by molar-refractivity contribution is 0.0954. The minimum Gasteiger partial charge on any atom is -0.493 e. The summed E-state index contributed by atoms with van der Waals surface area (Å²) < 4.78 is 35.6. The number of hydrogen-bond donors (Lipinski definition) is 1. The Bertz CT molecular complexity index is 1200. The van der Waals surface area contributed by atoms with Gasteiger partial charge in [-0.1, -0.05) is 23.7 Å². The van der Waals surface area contributed by atoms with E-state index >= 15 is 0 Å². The molecule has 7 nitrogen and oxygen atoms in total. The van der Waals surface area contributed by atoms with Gasteiger partial charge in [0.15, 0.2) is 23.0 Å². The third-order valence-electron chi connectivity index (χ3n) is 4.71. The Labute approximate surface area is 208 Å². The Morgan fingerprint density at radius 2 is 1.77 bits per heavy atom. The van der Waals surface area contributed by atoms with E-state index in [9.17, 15) is 9.18 Å². The van der Waals surface area contributed by atoms with Crippen molar-refractivity contribution in [1.82, 2.24) is 5.43 Å². The SMILES string of the molecule is CCOc1ccc(C(=O)N/N=C/c2cc(Cl)c(OCc3cccc(F)c3)c(OCC)c2)cc1OC. The summed E-state index contributed by atoms with van der Waals surface area (Å²) in [6.07, 6.45) is 1.44. The van der Waals surface area contributed by atoms with Gasteiger partial charge in [0.25, 0.3) is 5.91 Å². The summed E-state index contributed by atoms with van der Waals surface area (Å²) in [7, 11) is 1.50. The maximum Gasteiger partial charge on any atom is 0.271 e. The Balaban J connectivity index is 1.71. The molecule has 0 spiro atoms. The molecule has 0 unspecified atom stereocenters. The van der Waals surface area contributed by atoms with Crippen LogP contribution in [0.2, 0.25) is 5.02 Å². The van der Waals surface area contributed by atoms with Crippen LogP contribution in [0.15, 0.2) is 59.7 Å².